The van der Waals surface area contributed by atoms with Crippen molar-refractivity contribution in [1.29, 1.82) is 0 Å². The fourth-order valence-electron chi connectivity index (χ4n) is 2.06. The molecule has 0 aliphatic carbocycles. The van der Waals surface area contributed by atoms with Crippen LogP contribution in [0.4, 0.5) is 5.69 Å². The summed E-state index contributed by atoms with van der Waals surface area (Å²) < 4.78 is 16.7. The van der Waals surface area contributed by atoms with Crippen LogP contribution >= 0.6 is 0 Å². The van der Waals surface area contributed by atoms with Crippen molar-refractivity contribution in [2.75, 3.05) is 25.6 Å². The van der Waals surface area contributed by atoms with Gasteiger partial charge in [0.1, 0.15) is 12.4 Å². The Morgan fingerprint density at radius 3 is 2.35 bits per heavy atom. The average Bonchev–Trinajstić information content (AvgIpc) is 2.60. The second kappa shape index (κ2) is 8.93. The number of benzene rings is 2. The molecule has 2 rings (SSSR count). The molecule has 1 atom stereocenters. The topological polar surface area (TPSA) is 39.7 Å². The molecule has 0 fully saturated rings. The quantitative estimate of drug-likeness (QED) is 0.698. The van der Waals surface area contributed by atoms with Crippen LogP contribution in [-0.2, 0) is 0 Å². The molecule has 1 N–H and O–H groups in total. The first kappa shape index (κ1) is 17.0. The summed E-state index contributed by atoms with van der Waals surface area (Å²) >= 11 is 0. The highest BCUT2D eigenvalue weighted by Gasteiger charge is 2.03. The minimum atomic E-state index is 0.239. The lowest BCUT2D eigenvalue weighted by molar-refractivity contribution is 0.217. The summed E-state index contributed by atoms with van der Waals surface area (Å²) in [7, 11) is 1.64. The van der Waals surface area contributed by atoms with Gasteiger partial charge in [0.2, 0.25) is 0 Å². The predicted octanol–water partition coefficient (Wildman–Crippen LogP) is 4.36. The van der Waals surface area contributed by atoms with E-state index in [0.717, 1.165) is 29.4 Å². The lowest BCUT2D eigenvalue weighted by Crippen LogP contribution is -2.12. The Balaban J connectivity index is 1.76. The van der Waals surface area contributed by atoms with E-state index in [0.29, 0.717) is 13.2 Å². The van der Waals surface area contributed by atoms with Crippen LogP contribution in [0.25, 0.3) is 0 Å². The molecule has 0 aromatic heterocycles. The molecule has 0 spiro atoms. The zero-order valence-electron chi connectivity index (χ0n) is 14.0. The van der Waals surface area contributed by atoms with Gasteiger partial charge >= 0.3 is 0 Å². The first-order chi connectivity index (χ1) is 11.2. The maximum Gasteiger partial charge on any atom is 0.161 e. The van der Waals surface area contributed by atoms with Crippen molar-refractivity contribution in [1.82, 2.24) is 0 Å². The van der Waals surface area contributed by atoms with E-state index in [9.17, 15) is 0 Å². The smallest absolute Gasteiger partial charge is 0.161 e. The first-order valence-corrected chi connectivity index (χ1v) is 7.99. The van der Waals surface area contributed by atoms with Crippen LogP contribution in [0.5, 0.6) is 17.2 Å². The van der Waals surface area contributed by atoms with Crippen molar-refractivity contribution in [2.45, 2.75) is 26.4 Å². The molecule has 0 aliphatic heterocycles. The van der Waals surface area contributed by atoms with Crippen molar-refractivity contribution in [2.24, 2.45) is 0 Å². The SMILES string of the molecule is CCC(C)Oc1ccc(NCCOc2ccccc2OC)cc1. The number of ether oxygens (including phenoxy) is 3. The average molecular weight is 315 g/mol. The first-order valence-electron chi connectivity index (χ1n) is 7.99. The molecular weight excluding hydrogens is 290 g/mol. The standard InChI is InChI=1S/C19H25NO3/c1-4-15(2)23-17-11-9-16(10-12-17)20-13-14-22-19-8-6-5-7-18(19)21-3/h5-12,15,20H,4,13-14H2,1-3H3. The summed E-state index contributed by atoms with van der Waals surface area (Å²) in [6.45, 7) is 5.46. The van der Waals surface area contributed by atoms with E-state index < -0.39 is 0 Å². The number of anilines is 1. The van der Waals surface area contributed by atoms with E-state index in [2.05, 4.69) is 19.2 Å². The molecule has 0 saturated heterocycles. The van der Waals surface area contributed by atoms with Crippen molar-refractivity contribution < 1.29 is 14.2 Å². The molecule has 4 heteroatoms. The highest BCUT2D eigenvalue weighted by atomic mass is 16.5. The third-order valence-corrected chi connectivity index (χ3v) is 3.52. The van der Waals surface area contributed by atoms with E-state index >= 15 is 0 Å². The number of rotatable bonds is 9. The van der Waals surface area contributed by atoms with Crippen molar-refractivity contribution in [3.8, 4) is 17.2 Å². The fourth-order valence-corrected chi connectivity index (χ4v) is 2.06. The molecule has 0 saturated carbocycles. The second-order valence-electron chi connectivity index (χ2n) is 5.29. The lowest BCUT2D eigenvalue weighted by Gasteiger charge is -2.14. The normalized spacial score (nSPS) is 11.6. The molecule has 0 bridgehead atoms. The van der Waals surface area contributed by atoms with Crippen LogP contribution in [0.1, 0.15) is 20.3 Å². The molecule has 124 valence electrons. The van der Waals surface area contributed by atoms with Crippen LogP contribution in [-0.4, -0.2) is 26.4 Å². The van der Waals surface area contributed by atoms with Crippen LogP contribution in [0.15, 0.2) is 48.5 Å². The number of nitrogens with one attached hydrogen (secondary N) is 1. The summed E-state index contributed by atoms with van der Waals surface area (Å²) in [5, 5.41) is 3.33. The van der Waals surface area contributed by atoms with E-state index in [1.807, 2.05) is 48.5 Å². The van der Waals surface area contributed by atoms with Gasteiger partial charge in [0.05, 0.1) is 13.2 Å². The molecule has 0 heterocycles. The minimum Gasteiger partial charge on any atom is -0.493 e. The van der Waals surface area contributed by atoms with Crippen molar-refractivity contribution in [3.63, 3.8) is 0 Å². The molecule has 0 radical (unpaired) electrons. The van der Waals surface area contributed by atoms with Crippen LogP contribution in [0.3, 0.4) is 0 Å². The molecule has 2 aromatic rings. The zero-order chi connectivity index (χ0) is 16.5. The second-order valence-corrected chi connectivity index (χ2v) is 5.29. The van der Waals surface area contributed by atoms with Gasteiger partial charge in [0.25, 0.3) is 0 Å². The van der Waals surface area contributed by atoms with E-state index in [1.165, 1.54) is 0 Å². The minimum absolute atomic E-state index is 0.239. The Morgan fingerprint density at radius 1 is 1.00 bits per heavy atom. The van der Waals surface area contributed by atoms with Gasteiger partial charge in [-0.2, -0.15) is 0 Å². The summed E-state index contributed by atoms with van der Waals surface area (Å²) in [6, 6.07) is 15.6. The number of methoxy groups -OCH3 is 1. The molecule has 0 amide bonds. The molecule has 23 heavy (non-hydrogen) atoms. The number of para-hydroxylation sites is 2. The maximum absolute atomic E-state index is 5.76. The highest BCUT2D eigenvalue weighted by molar-refractivity contribution is 5.46. The van der Waals surface area contributed by atoms with E-state index in [4.69, 9.17) is 14.2 Å². The summed E-state index contributed by atoms with van der Waals surface area (Å²) in [4.78, 5) is 0. The number of hydrogen-bond donors (Lipinski definition) is 1. The summed E-state index contributed by atoms with van der Waals surface area (Å²) in [6.07, 6.45) is 1.24. The van der Waals surface area contributed by atoms with Gasteiger partial charge in [-0.1, -0.05) is 19.1 Å². The van der Waals surface area contributed by atoms with Crippen LogP contribution in [0.2, 0.25) is 0 Å². The molecular formula is C19H25NO3. The molecule has 4 nitrogen and oxygen atoms in total. The van der Waals surface area contributed by atoms with Gasteiger partial charge in [0.15, 0.2) is 11.5 Å². The third kappa shape index (κ3) is 5.40. The molecule has 2 aromatic carbocycles. The van der Waals surface area contributed by atoms with Crippen LogP contribution in [0, 0.1) is 0 Å². The Hall–Kier alpha value is -2.36. The van der Waals surface area contributed by atoms with E-state index in [1.54, 1.807) is 7.11 Å². The van der Waals surface area contributed by atoms with Gasteiger partial charge in [-0.3, -0.25) is 0 Å². The summed E-state index contributed by atoms with van der Waals surface area (Å²) in [5.41, 5.74) is 1.05. The van der Waals surface area contributed by atoms with Crippen molar-refractivity contribution >= 4 is 5.69 Å². The Kier molecular flexibility index (Phi) is 6.60. The highest BCUT2D eigenvalue weighted by Crippen LogP contribution is 2.25. The van der Waals surface area contributed by atoms with Crippen molar-refractivity contribution in [3.05, 3.63) is 48.5 Å². The van der Waals surface area contributed by atoms with Gasteiger partial charge in [0, 0.05) is 12.2 Å². The predicted molar refractivity (Wildman–Crippen MR) is 93.8 cm³/mol. The van der Waals surface area contributed by atoms with Gasteiger partial charge < -0.3 is 19.5 Å². The van der Waals surface area contributed by atoms with Gasteiger partial charge in [-0.05, 0) is 49.7 Å². The Labute approximate surface area is 138 Å². The maximum atomic E-state index is 5.76. The zero-order valence-corrected chi connectivity index (χ0v) is 14.0. The monoisotopic (exact) mass is 315 g/mol. The number of hydrogen-bond acceptors (Lipinski definition) is 4. The van der Waals surface area contributed by atoms with Crippen LogP contribution < -0.4 is 19.5 Å². The lowest BCUT2D eigenvalue weighted by atomic mass is 10.3. The van der Waals surface area contributed by atoms with E-state index in [-0.39, 0.29) is 6.10 Å². The largest absolute Gasteiger partial charge is 0.493 e. The fraction of sp³-hybridized carbons (Fsp3) is 0.368. The Bertz CT molecular complexity index is 583. The summed E-state index contributed by atoms with van der Waals surface area (Å²) in [5.74, 6) is 2.41. The van der Waals surface area contributed by atoms with Gasteiger partial charge in [-0.15, -0.1) is 0 Å². The van der Waals surface area contributed by atoms with Gasteiger partial charge in [-0.25, -0.2) is 0 Å². The molecule has 0 aliphatic rings. The molecule has 1 unspecified atom stereocenters. The third-order valence-electron chi connectivity index (χ3n) is 3.52. The Morgan fingerprint density at radius 2 is 1.70 bits per heavy atom.